The number of nitrogens with zero attached hydrogens (tertiary/aromatic N) is 2. The first-order valence-corrected chi connectivity index (χ1v) is 10.2. The second-order valence-corrected chi connectivity index (χ2v) is 7.74. The van der Waals surface area contributed by atoms with Crippen molar-refractivity contribution in [2.75, 3.05) is 11.9 Å². The van der Waals surface area contributed by atoms with Gasteiger partial charge in [0.25, 0.3) is 5.91 Å². The SMILES string of the molecule is CN(C(=O)c1ccc(CN)cc1Cl)c1ccc(Cl)c(-c2nccc3ccccc23)c1. The molecule has 0 saturated carbocycles. The lowest BCUT2D eigenvalue weighted by Gasteiger charge is -2.20. The highest BCUT2D eigenvalue weighted by Gasteiger charge is 2.19. The molecule has 0 fully saturated rings. The van der Waals surface area contributed by atoms with Crippen molar-refractivity contribution in [2.24, 2.45) is 5.73 Å². The van der Waals surface area contributed by atoms with Crippen LogP contribution in [0.1, 0.15) is 15.9 Å². The summed E-state index contributed by atoms with van der Waals surface area (Å²) in [5, 5.41) is 3.00. The molecule has 0 aliphatic carbocycles. The summed E-state index contributed by atoms with van der Waals surface area (Å²) in [6.07, 6.45) is 1.76. The van der Waals surface area contributed by atoms with Crippen molar-refractivity contribution < 1.29 is 4.79 Å². The van der Waals surface area contributed by atoms with Gasteiger partial charge in [0, 0.05) is 36.4 Å². The number of anilines is 1. The van der Waals surface area contributed by atoms with Crippen molar-refractivity contribution in [3.05, 3.63) is 94.1 Å². The van der Waals surface area contributed by atoms with Crippen LogP contribution in [0.25, 0.3) is 22.0 Å². The second kappa shape index (κ2) is 8.44. The van der Waals surface area contributed by atoms with Crippen molar-refractivity contribution in [3.63, 3.8) is 0 Å². The summed E-state index contributed by atoms with van der Waals surface area (Å²) < 4.78 is 0. The van der Waals surface area contributed by atoms with Gasteiger partial charge in [-0.15, -0.1) is 0 Å². The Bertz CT molecular complexity index is 1250. The van der Waals surface area contributed by atoms with Crippen LogP contribution in [0, 0.1) is 0 Å². The lowest BCUT2D eigenvalue weighted by Crippen LogP contribution is -2.26. The molecule has 4 nitrogen and oxygen atoms in total. The van der Waals surface area contributed by atoms with Crippen molar-refractivity contribution in [1.82, 2.24) is 4.98 Å². The summed E-state index contributed by atoms with van der Waals surface area (Å²) in [5.41, 5.74) is 9.15. The van der Waals surface area contributed by atoms with Gasteiger partial charge in [-0.05, 0) is 47.3 Å². The van der Waals surface area contributed by atoms with Crippen molar-refractivity contribution in [3.8, 4) is 11.3 Å². The van der Waals surface area contributed by atoms with Crippen molar-refractivity contribution >= 4 is 45.6 Å². The number of fused-ring (bicyclic) bond motifs is 1. The maximum atomic E-state index is 13.1. The fourth-order valence-corrected chi connectivity index (χ4v) is 3.89. The number of carbonyl (C=O) groups is 1. The summed E-state index contributed by atoms with van der Waals surface area (Å²) in [6, 6.07) is 20.6. The molecule has 1 amide bonds. The first kappa shape index (κ1) is 20.4. The lowest BCUT2D eigenvalue weighted by molar-refractivity contribution is 0.0993. The van der Waals surface area contributed by atoms with Gasteiger partial charge in [-0.2, -0.15) is 0 Å². The normalized spacial score (nSPS) is 10.9. The number of rotatable bonds is 4. The average molecular weight is 436 g/mol. The number of pyridine rings is 1. The molecule has 0 aliphatic heterocycles. The Hall–Kier alpha value is -2.92. The van der Waals surface area contributed by atoms with E-state index in [1.165, 1.54) is 0 Å². The Labute approximate surface area is 184 Å². The first-order valence-electron chi connectivity index (χ1n) is 9.40. The van der Waals surface area contributed by atoms with Gasteiger partial charge in [0.05, 0.1) is 21.3 Å². The monoisotopic (exact) mass is 435 g/mol. The van der Waals surface area contributed by atoms with Gasteiger partial charge in [0.2, 0.25) is 0 Å². The van der Waals surface area contributed by atoms with Gasteiger partial charge in [0.1, 0.15) is 0 Å². The molecular formula is C24H19Cl2N3O. The number of nitrogens with two attached hydrogens (primary N) is 1. The highest BCUT2D eigenvalue weighted by molar-refractivity contribution is 6.35. The van der Waals surface area contributed by atoms with Crippen LogP contribution >= 0.6 is 23.2 Å². The molecule has 150 valence electrons. The fraction of sp³-hybridized carbons (Fsp3) is 0.0833. The molecule has 0 aliphatic rings. The molecule has 0 unspecified atom stereocenters. The zero-order valence-electron chi connectivity index (χ0n) is 16.3. The zero-order chi connectivity index (χ0) is 21.3. The van der Waals surface area contributed by atoms with Crippen LogP contribution in [0.5, 0.6) is 0 Å². The molecule has 0 radical (unpaired) electrons. The number of halogens is 2. The van der Waals surface area contributed by atoms with Crippen LogP contribution in [0.3, 0.4) is 0 Å². The van der Waals surface area contributed by atoms with Crippen LogP contribution in [0.4, 0.5) is 5.69 Å². The Kier molecular flexibility index (Phi) is 5.73. The van der Waals surface area contributed by atoms with Gasteiger partial charge in [-0.3, -0.25) is 9.78 Å². The molecule has 1 heterocycles. The minimum absolute atomic E-state index is 0.220. The molecule has 3 aromatic carbocycles. The van der Waals surface area contributed by atoms with Crippen molar-refractivity contribution in [1.29, 1.82) is 0 Å². The van der Waals surface area contributed by atoms with Gasteiger partial charge >= 0.3 is 0 Å². The van der Waals surface area contributed by atoms with Gasteiger partial charge < -0.3 is 10.6 Å². The maximum absolute atomic E-state index is 13.1. The smallest absolute Gasteiger partial charge is 0.259 e. The number of carbonyl (C=O) groups excluding carboxylic acids is 1. The predicted octanol–water partition coefficient (Wildman–Crippen LogP) is 5.94. The number of amides is 1. The van der Waals surface area contributed by atoms with Crippen LogP contribution in [0.2, 0.25) is 10.0 Å². The number of hydrogen-bond acceptors (Lipinski definition) is 3. The molecule has 0 spiro atoms. The lowest BCUT2D eigenvalue weighted by atomic mass is 10.0. The van der Waals surface area contributed by atoms with E-state index in [1.54, 1.807) is 48.5 Å². The third-order valence-corrected chi connectivity index (χ3v) is 5.71. The largest absolute Gasteiger partial charge is 0.326 e. The van der Waals surface area contributed by atoms with E-state index in [1.807, 2.05) is 36.4 Å². The van der Waals surface area contributed by atoms with E-state index >= 15 is 0 Å². The summed E-state index contributed by atoms with van der Waals surface area (Å²) in [6.45, 7) is 0.364. The molecule has 6 heteroatoms. The molecule has 0 bridgehead atoms. The van der Waals surface area contributed by atoms with Gasteiger partial charge in [-0.25, -0.2) is 0 Å². The minimum Gasteiger partial charge on any atom is -0.326 e. The molecule has 4 rings (SSSR count). The fourth-order valence-electron chi connectivity index (χ4n) is 3.39. The molecule has 30 heavy (non-hydrogen) atoms. The van der Waals surface area contributed by atoms with E-state index in [0.717, 1.165) is 27.6 Å². The standard InChI is InChI=1S/C24H19Cl2N3O/c1-29(24(30)19-8-6-15(14-27)12-22(19)26)17-7-9-21(25)20(13-17)23-18-5-3-2-4-16(18)10-11-28-23/h2-13H,14,27H2,1H3. The van der Waals surface area contributed by atoms with Gasteiger partial charge in [0.15, 0.2) is 0 Å². The zero-order valence-corrected chi connectivity index (χ0v) is 17.8. The van der Waals surface area contributed by atoms with Crippen LogP contribution in [0.15, 0.2) is 72.9 Å². The van der Waals surface area contributed by atoms with E-state index in [0.29, 0.717) is 27.8 Å². The third kappa shape index (κ3) is 3.77. The van der Waals surface area contributed by atoms with E-state index in [2.05, 4.69) is 4.98 Å². The number of benzene rings is 3. The summed E-state index contributed by atoms with van der Waals surface area (Å²) in [7, 11) is 1.71. The summed E-state index contributed by atoms with van der Waals surface area (Å²) in [5.74, 6) is -0.220. The topological polar surface area (TPSA) is 59.2 Å². The Morgan fingerprint density at radius 3 is 2.57 bits per heavy atom. The van der Waals surface area contributed by atoms with Crippen LogP contribution in [-0.2, 0) is 6.54 Å². The van der Waals surface area contributed by atoms with Crippen LogP contribution < -0.4 is 10.6 Å². The molecule has 4 aromatic rings. The second-order valence-electron chi connectivity index (χ2n) is 6.93. The molecule has 0 atom stereocenters. The molecule has 1 aromatic heterocycles. The van der Waals surface area contributed by atoms with Gasteiger partial charge in [-0.1, -0.05) is 53.5 Å². The van der Waals surface area contributed by atoms with E-state index in [9.17, 15) is 4.79 Å². The van der Waals surface area contributed by atoms with E-state index in [4.69, 9.17) is 28.9 Å². The predicted molar refractivity (Wildman–Crippen MR) is 124 cm³/mol. The number of hydrogen-bond donors (Lipinski definition) is 1. The average Bonchev–Trinajstić information content (AvgIpc) is 2.78. The summed E-state index contributed by atoms with van der Waals surface area (Å²) in [4.78, 5) is 19.2. The molecule has 2 N–H and O–H groups in total. The number of aromatic nitrogens is 1. The molecule has 0 saturated heterocycles. The minimum atomic E-state index is -0.220. The highest BCUT2D eigenvalue weighted by Crippen LogP contribution is 2.35. The quantitative estimate of drug-likeness (QED) is 0.431. The van der Waals surface area contributed by atoms with E-state index < -0.39 is 0 Å². The van der Waals surface area contributed by atoms with Crippen LogP contribution in [-0.4, -0.2) is 17.9 Å². The first-order chi connectivity index (χ1) is 14.5. The Morgan fingerprint density at radius 1 is 1.00 bits per heavy atom. The Balaban J connectivity index is 1.75. The highest BCUT2D eigenvalue weighted by atomic mass is 35.5. The Morgan fingerprint density at radius 2 is 1.80 bits per heavy atom. The maximum Gasteiger partial charge on any atom is 0.259 e. The van der Waals surface area contributed by atoms with Crippen molar-refractivity contribution in [2.45, 2.75) is 6.54 Å². The molecular weight excluding hydrogens is 417 g/mol. The summed E-state index contributed by atoms with van der Waals surface area (Å²) >= 11 is 12.8. The third-order valence-electron chi connectivity index (χ3n) is 5.07. The van der Waals surface area contributed by atoms with E-state index in [-0.39, 0.29) is 5.91 Å².